The van der Waals surface area contributed by atoms with Crippen LogP contribution in [0.25, 0.3) is 0 Å². The average molecular weight is 282 g/mol. The number of aliphatic hydroxyl groups is 1. The van der Waals surface area contributed by atoms with Crippen LogP contribution in [0.5, 0.6) is 5.75 Å². The fourth-order valence-electron chi connectivity index (χ4n) is 1.93. The molecule has 0 aliphatic rings. The van der Waals surface area contributed by atoms with Gasteiger partial charge in [0.05, 0.1) is 11.0 Å². The van der Waals surface area contributed by atoms with Crippen molar-refractivity contribution in [2.75, 3.05) is 24.6 Å². The maximum atomic E-state index is 11.0. The Kier molecular flexibility index (Phi) is 6.24. The lowest BCUT2D eigenvalue weighted by atomic mass is 10.2. The quantitative estimate of drug-likeness (QED) is 0.586. The second-order valence-electron chi connectivity index (χ2n) is 4.73. The van der Waals surface area contributed by atoms with E-state index in [1.807, 2.05) is 25.7 Å². The largest absolute Gasteiger partial charge is 0.484 e. The predicted octanol–water partition coefficient (Wildman–Crippen LogP) is 2.59. The van der Waals surface area contributed by atoms with Gasteiger partial charge >= 0.3 is 5.69 Å². The summed E-state index contributed by atoms with van der Waals surface area (Å²) in [4.78, 5) is 12.6. The molecule has 6 heteroatoms. The summed E-state index contributed by atoms with van der Waals surface area (Å²) in [6.45, 7) is 7.25. The van der Waals surface area contributed by atoms with Gasteiger partial charge in [0.15, 0.2) is 5.75 Å². The molecule has 112 valence electrons. The van der Waals surface area contributed by atoms with E-state index in [0.29, 0.717) is 13.0 Å². The van der Waals surface area contributed by atoms with Gasteiger partial charge in [0.2, 0.25) is 0 Å². The van der Waals surface area contributed by atoms with Gasteiger partial charge in [-0.25, -0.2) is 0 Å². The number of hydrogen-bond acceptors (Lipinski definition) is 5. The summed E-state index contributed by atoms with van der Waals surface area (Å²) in [6, 6.07) is 4.87. The molecule has 1 N–H and O–H groups in total. The lowest BCUT2D eigenvalue weighted by Crippen LogP contribution is -2.24. The van der Waals surface area contributed by atoms with E-state index in [-0.39, 0.29) is 24.1 Å². The van der Waals surface area contributed by atoms with Crippen molar-refractivity contribution in [1.29, 1.82) is 0 Å². The SMILES string of the molecule is CCN(CCCO)c1ccc([N+](=O)[O-])c(OC(C)C)c1. The molecule has 1 aromatic carbocycles. The van der Waals surface area contributed by atoms with Gasteiger partial charge in [0.25, 0.3) is 0 Å². The van der Waals surface area contributed by atoms with Gasteiger partial charge in [-0.1, -0.05) is 0 Å². The Morgan fingerprint density at radius 1 is 1.45 bits per heavy atom. The van der Waals surface area contributed by atoms with Crippen LogP contribution in [0.2, 0.25) is 0 Å². The summed E-state index contributed by atoms with van der Waals surface area (Å²) in [6.07, 6.45) is 0.530. The molecule has 0 saturated carbocycles. The second-order valence-corrected chi connectivity index (χ2v) is 4.73. The Morgan fingerprint density at radius 2 is 2.15 bits per heavy atom. The first-order valence-corrected chi connectivity index (χ1v) is 6.80. The van der Waals surface area contributed by atoms with Crippen LogP contribution in [0.15, 0.2) is 18.2 Å². The minimum atomic E-state index is -0.439. The molecule has 0 aliphatic heterocycles. The molecular formula is C14H22N2O4. The zero-order valence-corrected chi connectivity index (χ0v) is 12.2. The van der Waals surface area contributed by atoms with Crippen LogP contribution < -0.4 is 9.64 Å². The van der Waals surface area contributed by atoms with E-state index in [4.69, 9.17) is 9.84 Å². The molecule has 0 radical (unpaired) electrons. The van der Waals surface area contributed by atoms with Crippen molar-refractivity contribution in [2.45, 2.75) is 33.3 Å². The number of nitro benzene ring substituents is 1. The number of nitrogens with zero attached hydrogens (tertiary/aromatic N) is 2. The lowest BCUT2D eigenvalue weighted by molar-refractivity contribution is -0.386. The highest BCUT2D eigenvalue weighted by Crippen LogP contribution is 2.32. The fraction of sp³-hybridized carbons (Fsp3) is 0.571. The third kappa shape index (κ3) is 4.38. The van der Waals surface area contributed by atoms with Gasteiger partial charge in [0.1, 0.15) is 0 Å². The second kappa shape index (κ2) is 7.69. The van der Waals surface area contributed by atoms with Crippen molar-refractivity contribution in [1.82, 2.24) is 0 Å². The summed E-state index contributed by atoms with van der Waals surface area (Å²) in [7, 11) is 0. The first-order valence-electron chi connectivity index (χ1n) is 6.80. The third-order valence-electron chi connectivity index (χ3n) is 2.84. The molecule has 0 bridgehead atoms. The predicted molar refractivity (Wildman–Crippen MR) is 78.5 cm³/mol. The van der Waals surface area contributed by atoms with Gasteiger partial charge in [-0.05, 0) is 33.3 Å². The molecule has 0 aliphatic carbocycles. The maximum Gasteiger partial charge on any atom is 0.311 e. The van der Waals surface area contributed by atoms with Gasteiger partial charge < -0.3 is 14.7 Å². The van der Waals surface area contributed by atoms with Crippen LogP contribution in [0, 0.1) is 10.1 Å². The van der Waals surface area contributed by atoms with E-state index in [9.17, 15) is 10.1 Å². The van der Waals surface area contributed by atoms with Gasteiger partial charge in [-0.15, -0.1) is 0 Å². The highest BCUT2D eigenvalue weighted by Gasteiger charge is 2.18. The molecular weight excluding hydrogens is 260 g/mol. The molecule has 0 unspecified atom stereocenters. The van der Waals surface area contributed by atoms with Crippen LogP contribution in [-0.4, -0.2) is 35.8 Å². The number of aliphatic hydroxyl groups excluding tert-OH is 1. The van der Waals surface area contributed by atoms with E-state index in [0.717, 1.165) is 12.2 Å². The van der Waals surface area contributed by atoms with E-state index in [2.05, 4.69) is 0 Å². The number of hydrogen-bond donors (Lipinski definition) is 1. The van der Waals surface area contributed by atoms with Crippen LogP contribution in [0.1, 0.15) is 27.2 Å². The van der Waals surface area contributed by atoms with Gasteiger partial charge in [-0.2, -0.15) is 0 Å². The van der Waals surface area contributed by atoms with E-state index >= 15 is 0 Å². The highest BCUT2D eigenvalue weighted by molar-refractivity contribution is 5.59. The lowest BCUT2D eigenvalue weighted by Gasteiger charge is -2.23. The first-order chi connectivity index (χ1) is 9.49. The minimum Gasteiger partial charge on any atom is -0.484 e. The van der Waals surface area contributed by atoms with Crippen molar-refractivity contribution in [3.63, 3.8) is 0 Å². The fourth-order valence-corrected chi connectivity index (χ4v) is 1.93. The van der Waals surface area contributed by atoms with Crippen LogP contribution >= 0.6 is 0 Å². The molecule has 6 nitrogen and oxygen atoms in total. The van der Waals surface area contributed by atoms with E-state index in [1.54, 1.807) is 12.1 Å². The zero-order chi connectivity index (χ0) is 15.1. The summed E-state index contributed by atoms with van der Waals surface area (Å²) < 4.78 is 5.53. The minimum absolute atomic E-state index is 0.0272. The van der Waals surface area contributed by atoms with E-state index < -0.39 is 4.92 Å². The summed E-state index contributed by atoms with van der Waals surface area (Å²) in [5, 5.41) is 19.9. The van der Waals surface area contributed by atoms with Crippen molar-refractivity contribution in [3.05, 3.63) is 28.3 Å². The van der Waals surface area contributed by atoms with Crippen molar-refractivity contribution in [2.24, 2.45) is 0 Å². The first kappa shape index (κ1) is 16.2. The average Bonchev–Trinajstić information content (AvgIpc) is 2.38. The number of nitro groups is 1. The van der Waals surface area contributed by atoms with Crippen LogP contribution in [0.4, 0.5) is 11.4 Å². The number of anilines is 1. The van der Waals surface area contributed by atoms with Crippen molar-refractivity contribution < 1.29 is 14.8 Å². The molecule has 0 saturated heterocycles. The number of benzene rings is 1. The van der Waals surface area contributed by atoms with E-state index in [1.165, 1.54) is 6.07 Å². The molecule has 1 aromatic rings. The molecule has 20 heavy (non-hydrogen) atoms. The Hall–Kier alpha value is -1.82. The number of rotatable bonds is 8. The molecule has 0 aromatic heterocycles. The van der Waals surface area contributed by atoms with Crippen molar-refractivity contribution >= 4 is 11.4 Å². The molecule has 0 spiro atoms. The molecule has 0 atom stereocenters. The van der Waals surface area contributed by atoms with Crippen molar-refractivity contribution in [3.8, 4) is 5.75 Å². The third-order valence-corrected chi connectivity index (χ3v) is 2.84. The van der Waals surface area contributed by atoms with Gasteiger partial charge in [0, 0.05) is 37.5 Å². The Balaban J connectivity index is 3.06. The summed E-state index contributed by atoms with van der Waals surface area (Å²) in [5.74, 6) is 0.282. The van der Waals surface area contributed by atoms with Gasteiger partial charge in [-0.3, -0.25) is 10.1 Å². The zero-order valence-electron chi connectivity index (χ0n) is 12.2. The molecule has 0 fully saturated rings. The monoisotopic (exact) mass is 282 g/mol. The van der Waals surface area contributed by atoms with Crippen LogP contribution in [0.3, 0.4) is 0 Å². The van der Waals surface area contributed by atoms with Crippen LogP contribution in [-0.2, 0) is 0 Å². The molecule has 0 heterocycles. The topological polar surface area (TPSA) is 75.8 Å². The summed E-state index contributed by atoms with van der Waals surface area (Å²) >= 11 is 0. The standard InChI is InChI=1S/C14H22N2O4/c1-4-15(8-5-9-17)12-6-7-13(16(18)19)14(10-12)20-11(2)3/h6-7,10-11,17H,4-5,8-9H2,1-3H3. The smallest absolute Gasteiger partial charge is 0.311 e. The molecule has 1 rings (SSSR count). The Labute approximate surface area is 119 Å². The number of ether oxygens (including phenoxy) is 1. The maximum absolute atomic E-state index is 11.0. The highest BCUT2D eigenvalue weighted by atomic mass is 16.6. The molecule has 0 amide bonds. The Morgan fingerprint density at radius 3 is 2.65 bits per heavy atom. The Bertz CT molecular complexity index is 449. The normalized spacial score (nSPS) is 10.7. The summed E-state index contributed by atoms with van der Waals surface area (Å²) in [5.41, 5.74) is 0.836.